The third-order valence-electron chi connectivity index (χ3n) is 11.1. The summed E-state index contributed by atoms with van der Waals surface area (Å²) in [5.74, 6) is -4.40. The van der Waals surface area contributed by atoms with E-state index >= 15 is 0 Å². The number of carbonyl (C=O) groups excluding carboxylic acids is 3. The number of Topliss-reactive ketones (excluding diaryl/α,β-unsaturated/α-hetero) is 1. The lowest BCUT2D eigenvalue weighted by Gasteiger charge is -2.68. The molecule has 3 fully saturated rings. The van der Waals surface area contributed by atoms with Crippen LogP contribution in [0, 0.1) is 28.6 Å². The molecule has 6 N–H and O–H groups in total. The summed E-state index contributed by atoms with van der Waals surface area (Å²) in [6.45, 7) is 12.4. The minimum atomic E-state index is -1.77. The summed E-state index contributed by atoms with van der Waals surface area (Å²) >= 11 is 0. The van der Waals surface area contributed by atoms with E-state index in [2.05, 4.69) is 5.32 Å². The fourth-order valence-corrected chi connectivity index (χ4v) is 8.88. The SMILES string of the molecule is CC(=O)NC(C)C(O)[C@H](OO)C1CC2(O)C(C)C3C4(OC(C)=O)COC4CC(O)[C@@]3(C)C(=O)C(O)C(=C1C)C2(C)C. The van der Waals surface area contributed by atoms with Crippen molar-refractivity contribution >= 4 is 17.7 Å². The Kier molecular flexibility index (Phi) is 8.08. The first-order valence-corrected chi connectivity index (χ1v) is 14.2. The van der Waals surface area contributed by atoms with E-state index < -0.39 is 94.0 Å². The van der Waals surface area contributed by atoms with E-state index in [1.807, 2.05) is 0 Å². The van der Waals surface area contributed by atoms with Gasteiger partial charge in [-0.25, -0.2) is 4.89 Å². The van der Waals surface area contributed by atoms with Gasteiger partial charge in [0.2, 0.25) is 5.91 Å². The van der Waals surface area contributed by atoms with Gasteiger partial charge in [0.1, 0.15) is 24.4 Å². The number of aliphatic hydroxyl groups is 4. The predicted octanol–water partition coefficient (Wildman–Crippen LogP) is 0.491. The number of nitrogens with one attached hydrogen (secondary N) is 1. The van der Waals surface area contributed by atoms with E-state index in [1.165, 1.54) is 20.8 Å². The van der Waals surface area contributed by atoms with Crippen molar-refractivity contribution in [1.29, 1.82) is 0 Å². The van der Waals surface area contributed by atoms with Crippen molar-refractivity contribution in [2.75, 3.05) is 6.61 Å². The van der Waals surface area contributed by atoms with Crippen molar-refractivity contribution in [2.24, 2.45) is 28.6 Å². The highest BCUT2D eigenvalue weighted by Gasteiger charge is 2.75. The van der Waals surface area contributed by atoms with Crippen molar-refractivity contribution in [3.63, 3.8) is 0 Å². The van der Waals surface area contributed by atoms with Crippen LogP contribution < -0.4 is 5.32 Å². The lowest BCUT2D eigenvalue weighted by molar-refractivity contribution is -0.341. The van der Waals surface area contributed by atoms with Crippen LogP contribution in [-0.4, -0.2) is 97.7 Å². The summed E-state index contributed by atoms with van der Waals surface area (Å²) in [4.78, 5) is 43.2. The molecule has 0 aromatic rings. The smallest absolute Gasteiger partial charge is 0.303 e. The number of hydrogen-bond acceptors (Lipinski definition) is 11. The first-order valence-electron chi connectivity index (χ1n) is 14.2. The molecule has 2 bridgehead atoms. The third kappa shape index (κ3) is 4.32. The summed E-state index contributed by atoms with van der Waals surface area (Å²) < 4.78 is 11.6. The van der Waals surface area contributed by atoms with Crippen LogP contribution in [0.2, 0.25) is 0 Å². The standard InChI is InChI=1S/C29H45NO11/c1-12-17(23(41-38)21(34)14(3)30-15(4)31)10-29(37)13(2)24-27(8,25(36)22(35)20(12)26(29,6)7)18(33)9-19-28(24,11-39-19)40-16(5)32/h13-14,17-19,21-24,33-35,37-38H,9-11H2,1-8H3,(H,30,31)/t13?,14?,17?,18?,19?,21?,22?,23-,24?,27-,28?,29?/m1/s1. The summed E-state index contributed by atoms with van der Waals surface area (Å²) in [6, 6.07) is -0.849. The van der Waals surface area contributed by atoms with Gasteiger partial charge in [-0.15, -0.1) is 0 Å². The molecule has 12 heteroatoms. The maximum absolute atomic E-state index is 14.4. The zero-order valence-electron chi connectivity index (χ0n) is 25.0. The summed E-state index contributed by atoms with van der Waals surface area (Å²) in [7, 11) is 0. The van der Waals surface area contributed by atoms with Gasteiger partial charge in [-0.05, 0) is 38.7 Å². The maximum Gasteiger partial charge on any atom is 0.303 e. The number of esters is 1. The molecule has 0 aromatic carbocycles. The summed E-state index contributed by atoms with van der Waals surface area (Å²) in [5, 5.41) is 59.7. The molecule has 0 radical (unpaired) electrons. The van der Waals surface area contributed by atoms with Gasteiger partial charge in [0.15, 0.2) is 11.4 Å². The molecule has 4 aliphatic rings. The monoisotopic (exact) mass is 583 g/mol. The molecule has 10 unspecified atom stereocenters. The Hall–Kier alpha value is -1.93. The van der Waals surface area contributed by atoms with E-state index in [0.29, 0.717) is 5.57 Å². The molecular weight excluding hydrogens is 538 g/mol. The second-order valence-corrected chi connectivity index (χ2v) is 13.4. The Labute approximate surface area is 240 Å². The Balaban J connectivity index is 1.95. The Morgan fingerprint density at radius 3 is 2.27 bits per heavy atom. The van der Waals surface area contributed by atoms with E-state index in [-0.39, 0.29) is 25.0 Å². The van der Waals surface area contributed by atoms with Gasteiger partial charge >= 0.3 is 5.97 Å². The van der Waals surface area contributed by atoms with E-state index in [1.54, 1.807) is 34.6 Å². The summed E-state index contributed by atoms with van der Waals surface area (Å²) in [5.41, 5.74) is -5.28. The van der Waals surface area contributed by atoms with Crippen LogP contribution in [0.4, 0.5) is 0 Å². The molecule has 1 aliphatic heterocycles. The number of ether oxygens (including phenoxy) is 2. The third-order valence-corrected chi connectivity index (χ3v) is 11.1. The van der Waals surface area contributed by atoms with Crippen molar-refractivity contribution in [2.45, 2.75) is 116 Å². The van der Waals surface area contributed by atoms with Crippen LogP contribution in [0.3, 0.4) is 0 Å². The number of amides is 1. The Morgan fingerprint density at radius 1 is 1.17 bits per heavy atom. The number of hydrogen-bond donors (Lipinski definition) is 6. The first kappa shape index (κ1) is 32.0. The second kappa shape index (κ2) is 10.4. The molecule has 2 saturated carbocycles. The fraction of sp³-hybridized carbons (Fsp3) is 0.828. The van der Waals surface area contributed by atoms with Gasteiger partial charge in [-0.1, -0.05) is 26.3 Å². The molecule has 41 heavy (non-hydrogen) atoms. The zero-order chi connectivity index (χ0) is 31.0. The predicted molar refractivity (Wildman–Crippen MR) is 143 cm³/mol. The zero-order valence-corrected chi connectivity index (χ0v) is 25.0. The van der Waals surface area contributed by atoms with Gasteiger partial charge in [0.25, 0.3) is 0 Å². The number of fused-ring (bicyclic) bond motifs is 5. The molecule has 4 rings (SSSR count). The highest BCUT2D eigenvalue weighted by atomic mass is 17.1. The first-order chi connectivity index (χ1) is 18.8. The molecule has 0 aromatic heterocycles. The lowest BCUT2D eigenvalue weighted by atomic mass is 9.42. The molecule has 0 spiro atoms. The molecular formula is C29H45NO11. The van der Waals surface area contributed by atoms with Gasteiger partial charge in [0, 0.05) is 37.5 Å². The number of carbonyl (C=O) groups is 3. The minimum Gasteiger partial charge on any atom is -0.454 e. The lowest BCUT2D eigenvalue weighted by Crippen LogP contribution is -2.79. The number of ketones is 1. The topological polar surface area (TPSA) is 192 Å². The van der Waals surface area contributed by atoms with Crippen LogP contribution >= 0.6 is 0 Å². The van der Waals surface area contributed by atoms with Crippen LogP contribution in [0.5, 0.6) is 0 Å². The van der Waals surface area contributed by atoms with Gasteiger partial charge in [0.05, 0.1) is 29.8 Å². The van der Waals surface area contributed by atoms with Crippen molar-refractivity contribution in [3.8, 4) is 0 Å². The van der Waals surface area contributed by atoms with Crippen molar-refractivity contribution in [3.05, 3.63) is 11.1 Å². The normalized spacial score (nSPS) is 43.8. The average molecular weight is 584 g/mol. The van der Waals surface area contributed by atoms with Crippen LogP contribution in [0.25, 0.3) is 0 Å². The maximum atomic E-state index is 14.4. The second-order valence-electron chi connectivity index (χ2n) is 13.4. The van der Waals surface area contributed by atoms with Crippen LogP contribution in [0.1, 0.15) is 68.2 Å². The van der Waals surface area contributed by atoms with Gasteiger partial charge in [-0.2, -0.15) is 0 Å². The molecule has 3 aliphatic carbocycles. The highest BCUT2D eigenvalue weighted by molar-refractivity contribution is 5.93. The van der Waals surface area contributed by atoms with Crippen LogP contribution in [0.15, 0.2) is 11.1 Å². The fourth-order valence-electron chi connectivity index (χ4n) is 8.88. The van der Waals surface area contributed by atoms with Crippen LogP contribution in [-0.2, 0) is 28.7 Å². The molecule has 1 saturated heterocycles. The number of rotatable bonds is 6. The summed E-state index contributed by atoms with van der Waals surface area (Å²) in [6.07, 6.45) is -6.62. The van der Waals surface area contributed by atoms with E-state index in [4.69, 9.17) is 14.4 Å². The number of aliphatic hydroxyl groups excluding tert-OH is 3. The van der Waals surface area contributed by atoms with Crippen molar-refractivity contribution < 1.29 is 54.4 Å². The van der Waals surface area contributed by atoms with Crippen molar-refractivity contribution in [1.82, 2.24) is 5.32 Å². The molecule has 1 amide bonds. The highest BCUT2D eigenvalue weighted by Crippen LogP contribution is 2.66. The van der Waals surface area contributed by atoms with E-state index in [0.717, 1.165) is 0 Å². The largest absolute Gasteiger partial charge is 0.454 e. The Morgan fingerprint density at radius 2 is 1.78 bits per heavy atom. The Bertz CT molecular complexity index is 1140. The van der Waals surface area contributed by atoms with Gasteiger partial charge in [-0.3, -0.25) is 19.6 Å². The molecule has 232 valence electrons. The quantitative estimate of drug-likeness (QED) is 0.110. The van der Waals surface area contributed by atoms with E-state index in [9.17, 15) is 40.1 Å². The molecule has 12 nitrogen and oxygen atoms in total. The van der Waals surface area contributed by atoms with Gasteiger partial charge < -0.3 is 35.2 Å². The molecule has 12 atom stereocenters. The average Bonchev–Trinajstić information content (AvgIpc) is 2.86. The minimum absolute atomic E-state index is 0.00158. The molecule has 1 heterocycles.